The Morgan fingerprint density at radius 1 is 1.29 bits per heavy atom. The molecule has 0 amide bonds. The van der Waals surface area contributed by atoms with E-state index < -0.39 is 0 Å². The van der Waals surface area contributed by atoms with E-state index >= 15 is 0 Å². The van der Waals surface area contributed by atoms with Crippen LogP contribution >= 0.6 is 11.7 Å². The van der Waals surface area contributed by atoms with Gasteiger partial charge in [0, 0.05) is 6.54 Å². The van der Waals surface area contributed by atoms with E-state index in [4.69, 9.17) is 9.47 Å². The summed E-state index contributed by atoms with van der Waals surface area (Å²) in [6.45, 7) is 2.94. The van der Waals surface area contributed by atoms with E-state index in [0.717, 1.165) is 28.6 Å². The van der Waals surface area contributed by atoms with Gasteiger partial charge in [0.2, 0.25) is 6.79 Å². The van der Waals surface area contributed by atoms with Gasteiger partial charge in [0.25, 0.3) is 0 Å². The average molecular weight is 249 g/mol. The fourth-order valence-corrected chi connectivity index (χ4v) is 2.16. The lowest BCUT2D eigenvalue weighted by Crippen LogP contribution is -2.00. The fourth-order valence-electron chi connectivity index (χ4n) is 1.63. The van der Waals surface area contributed by atoms with E-state index in [2.05, 4.69) is 14.1 Å². The minimum atomic E-state index is 0.307. The number of fused-ring (bicyclic) bond motifs is 1. The minimum Gasteiger partial charge on any atom is -0.454 e. The van der Waals surface area contributed by atoms with Crippen molar-refractivity contribution in [1.29, 1.82) is 0 Å². The van der Waals surface area contributed by atoms with Gasteiger partial charge in [-0.05, 0) is 24.6 Å². The lowest BCUT2D eigenvalue weighted by Gasteiger charge is -2.04. The van der Waals surface area contributed by atoms with E-state index in [9.17, 15) is 0 Å². The summed E-state index contributed by atoms with van der Waals surface area (Å²) in [4.78, 5) is 0. The first-order valence-corrected chi connectivity index (χ1v) is 5.97. The first-order chi connectivity index (χ1) is 8.33. The van der Waals surface area contributed by atoms with Crippen LogP contribution in [0.3, 0.4) is 0 Å². The molecule has 0 saturated heterocycles. The van der Waals surface area contributed by atoms with E-state index in [-0.39, 0.29) is 0 Å². The van der Waals surface area contributed by atoms with Crippen LogP contribution in [-0.2, 0) is 6.54 Å². The molecule has 1 aliphatic rings. The quantitative estimate of drug-likeness (QED) is 0.903. The van der Waals surface area contributed by atoms with Crippen molar-refractivity contribution in [3.8, 4) is 11.5 Å². The summed E-state index contributed by atoms with van der Waals surface area (Å²) in [7, 11) is 0. The second kappa shape index (κ2) is 4.21. The molecule has 1 N–H and O–H groups in total. The molecule has 3 rings (SSSR count). The molecule has 1 aromatic carbocycles. The van der Waals surface area contributed by atoms with Gasteiger partial charge in [-0.1, -0.05) is 6.07 Å². The SMILES string of the molecule is Cc1nsnc1NCc1ccc2c(c1)OCO2. The molecule has 1 aromatic heterocycles. The Labute approximate surface area is 103 Å². The lowest BCUT2D eigenvalue weighted by atomic mass is 10.2. The molecule has 0 atom stereocenters. The summed E-state index contributed by atoms with van der Waals surface area (Å²) in [6, 6.07) is 5.91. The van der Waals surface area contributed by atoms with Crippen molar-refractivity contribution in [2.45, 2.75) is 13.5 Å². The molecule has 0 radical (unpaired) electrons. The van der Waals surface area contributed by atoms with E-state index in [0.29, 0.717) is 13.3 Å². The normalized spacial score (nSPS) is 12.8. The number of aromatic nitrogens is 2. The maximum atomic E-state index is 5.32. The van der Waals surface area contributed by atoms with Gasteiger partial charge in [0.15, 0.2) is 17.3 Å². The number of rotatable bonds is 3. The zero-order valence-electron chi connectivity index (χ0n) is 9.27. The van der Waals surface area contributed by atoms with Crippen molar-refractivity contribution in [2.75, 3.05) is 12.1 Å². The summed E-state index contributed by atoms with van der Waals surface area (Å²) in [5, 5.41) is 3.24. The standard InChI is InChI=1S/C11H11N3O2S/c1-7-11(14-17-13-7)12-5-8-2-3-9-10(4-8)16-6-15-9/h2-4H,5-6H2,1H3,(H,12,14). The smallest absolute Gasteiger partial charge is 0.231 e. The molecule has 2 aromatic rings. The monoisotopic (exact) mass is 249 g/mol. The number of hydrogen-bond donors (Lipinski definition) is 1. The van der Waals surface area contributed by atoms with Crippen LogP contribution in [0, 0.1) is 6.92 Å². The molecule has 0 aliphatic carbocycles. The average Bonchev–Trinajstić information content (AvgIpc) is 2.94. The molecule has 6 heteroatoms. The van der Waals surface area contributed by atoms with Crippen molar-refractivity contribution in [3.05, 3.63) is 29.5 Å². The Morgan fingerprint density at radius 3 is 3.00 bits per heavy atom. The first kappa shape index (κ1) is 10.3. The number of benzene rings is 1. The van der Waals surface area contributed by atoms with Gasteiger partial charge in [-0.15, -0.1) is 0 Å². The number of aryl methyl sites for hydroxylation is 1. The number of anilines is 1. The van der Waals surface area contributed by atoms with Crippen LogP contribution in [0.2, 0.25) is 0 Å². The Balaban J connectivity index is 1.72. The number of nitrogens with one attached hydrogen (secondary N) is 1. The second-order valence-corrected chi connectivity index (χ2v) is 4.27. The van der Waals surface area contributed by atoms with Crippen LogP contribution in [0.25, 0.3) is 0 Å². The molecular formula is C11H11N3O2S. The number of ether oxygens (including phenoxy) is 2. The van der Waals surface area contributed by atoms with Crippen molar-refractivity contribution in [3.63, 3.8) is 0 Å². The van der Waals surface area contributed by atoms with Crippen molar-refractivity contribution < 1.29 is 9.47 Å². The van der Waals surface area contributed by atoms with Crippen LogP contribution in [-0.4, -0.2) is 15.5 Å². The number of hydrogen-bond acceptors (Lipinski definition) is 6. The third kappa shape index (κ3) is 2.03. The van der Waals surface area contributed by atoms with Crippen LogP contribution in [0.1, 0.15) is 11.3 Å². The van der Waals surface area contributed by atoms with Crippen LogP contribution < -0.4 is 14.8 Å². The molecule has 0 saturated carbocycles. The molecule has 0 fully saturated rings. The van der Waals surface area contributed by atoms with E-state index in [1.807, 2.05) is 25.1 Å². The number of nitrogens with zero attached hydrogens (tertiary/aromatic N) is 2. The van der Waals surface area contributed by atoms with Gasteiger partial charge in [-0.3, -0.25) is 0 Å². The van der Waals surface area contributed by atoms with Gasteiger partial charge < -0.3 is 14.8 Å². The third-order valence-electron chi connectivity index (χ3n) is 2.55. The highest BCUT2D eigenvalue weighted by atomic mass is 32.1. The van der Waals surface area contributed by atoms with E-state index in [1.165, 1.54) is 11.7 Å². The minimum absolute atomic E-state index is 0.307. The molecule has 5 nitrogen and oxygen atoms in total. The maximum absolute atomic E-state index is 5.32. The molecule has 0 unspecified atom stereocenters. The van der Waals surface area contributed by atoms with Crippen LogP contribution in [0.15, 0.2) is 18.2 Å². The molecular weight excluding hydrogens is 238 g/mol. The summed E-state index contributed by atoms with van der Waals surface area (Å²) in [6.07, 6.45) is 0. The molecule has 1 aliphatic heterocycles. The van der Waals surface area contributed by atoms with Gasteiger partial charge in [0.1, 0.15) is 0 Å². The topological polar surface area (TPSA) is 56.3 Å². The van der Waals surface area contributed by atoms with Crippen molar-refractivity contribution in [2.24, 2.45) is 0 Å². The fraction of sp³-hybridized carbons (Fsp3) is 0.273. The predicted octanol–water partition coefficient (Wildman–Crippen LogP) is 2.19. The zero-order valence-corrected chi connectivity index (χ0v) is 10.1. The Hall–Kier alpha value is -1.82. The molecule has 2 heterocycles. The Morgan fingerprint density at radius 2 is 2.18 bits per heavy atom. The third-order valence-corrected chi connectivity index (χ3v) is 3.17. The highest BCUT2D eigenvalue weighted by molar-refractivity contribution is 6.99. The first-order valence-electron chi connectivity index (χ1n) is 5.24. The lowest BCUT2D eigenvalue weighted by molar-refractivity contribution is 0.174. The van der Waals surface area contributed by atoms with Gasteiger partial charge in [-0.2, -0.15) is 8.75 Å². The summed E-state index contributed by atoms with van der Waals surface area (Å²) < 4.78 is 18.9. The molecule has 88 valence electrons. The highest BCUT2D eigenvalue weighted by Gasteiger charge is 2.13. The van der Waals surface area contributed by atoms with Crippen LogP contribution in [0.5, 0.6) is 11.5 Å². The van der Waals surface area contributed by atoms with Gasteiger partial charge in [-0.25, -0.2) is 0 Å². The highest BCUT2D eigenvalue weighted by Crippen LogP contribution is 2.32. The summed E-state index contributed by atoms with van der Waals surface area (Å²) in [5.41, 5.74) is 2.05. The molecule has 0 bridgehead atoms. The molecule has 17 heavy (non-hydrogen) atoms. The van der Waals surface area contributed by atoms with Crippen LogP contribution in [0.4, 0.5) is 5.82 Å². The second-order valence-electron chi connectivity index (χ2n) is 3.74. The molecule has 0 spiro atoms. The Bertz CT molecular complexity index is 541. The van der Waals surface area contributed by atoms with Gasteiger partial charge in [0.05, 0.1) is 17.4 Å². The van der Waals surface area contributed by atoms with E-state index in [1.54, 1.807) is 0 Å². The maximum Gasteiger partial charge on any atom is 0.231 e. The van der Waals surface area contributed by atoms with Crippen molar-refractivity contribution >= 4 is 17.5 Å². The summed E-state index contributed by atoms with van der Waals surface area (Å²) in [5.74, 6) is 2.45. The Kier molecular flexibility index (Phi) is 2.56. The zero-order chi connectivity index (χ0) is 11.7. The summed E-state index contributed by atoms with van der Waals surface area (Å²) >= 11 is 1.21. The van der Waals surface area contributed by atoms with Crippen molar-refractivity contribution in [1.82, 2.24) is 8.75 Å². The largest absolute Gasteiger partial charge is 0.454 e. The predicted molar refractivity (Wildman–Crippen MR) is 64.5 cm³/mol. The van der Waals surface area contributed by atoms with Gasteiger partial charge >= 0.3 is 0 Å².